The molecule has 3 N–H and O–H groups in total. The summed E-state index contributed by atoms with van der Waals surface area (Å²) in [5.74, 6) is 0.340. The molecule has 0 spiro atoms. The Labute approximate surface area is 61.6 Å². The van der Waals surface area contributed by atoms with Gasteiger partial charge < -0.3 is 15.4 Å². The SMILES string of the molecule is CC1CNCC1(C)B(O)O. The second kappa shape index (κ2) is 2.53. The van der Waals surface area contributed by atoms with Crippen LogP contribution >= 0.6 is 0 Å². The third kappa shape index (κ3) is 1.07. The van der Waals surface area contributed by atoms with Gasteiger partial charge in [-0.1, -0.05) is 13.8 Å². The van der Waals surface area contributed by atoms with Crippen molar-refractivity contribution in [1.29, 1.82) is 0 Å². The minimum atomic E-state index is -1.20. The molecule has 0 aromatic carbocycles. The molecule has 1 heterocycles. The van der Waals surface area contributed by atoms with Gasteiger partial charge in [0.25, 0.3) is 0 Å². The summed E-state index contributed by atoms with van der Waals surface area (Å²) in [6, 6.07) is 0. The first-order valence-electron chi connectivity index (χ1n) is 3.64. The molecule has 58 valence electrons. The van der Waals surface area contributed by atoms with E-state index < -0.39 is 7.12 Å². The lowest BCUT2D eigenvalue weighted by atomic mass is 9.55. The highest BCUT2D eigenvalue weighted by Gasteiger charge is 2.45. The molecule has 10 heavy (non-hydrogen) atoms. The molecule has 0 aromatic heterocycles. The third-order valence-electron chi connectivity index (χ3n) is 2.67. The van der Waals surface area contributed by atoms with Crippen molar-refractivity contribution in [3.63, 3.8) is 0 Å². The fourth-order valence-corrected chi connectivity index (χ4v) is 1.31. The van der Waals surface area contributed by atoms with E-state index in [2.05, 4.69) is 5.32 Å². The molecule has 2 atom stereocenters. The second-order valence-corrected chi connectivity index (χ2v) is 3.41. The van der Waals surface area contributed by atoms with Crippen LogP contribution in [0.15, 0.2) is 0 Å². The first kappa shape index (κ1) is 8.05. The van der Waals surface area contributed by atoms with Gasteiger partial charge in [0, 0.05) is 5.31 Å². The van der Waals surface area contributed by atoms with E-state index in [9.17, 15) is 0 Å². The van der Waals surface area contributed by atoms with Gasteiger partial charge in [0.15, 0.2) is 0 Å². The van der Waals surface area contributed by atoms with Crippen LogP contribution in [0, 0.1) is 5.92 Å². The summed E-state index contributed by atoms with van der Waals surface area (Å²) in [6.45, 7) is 5.50. The van der Waals surface area contributed by atoms with Crippen LogP contribution in [0.4, 0.5) is 0 Å². The van der Waals surface area contributed by atoms with Gasteiger partial charge in [0.05, 0.1) is 0 Å². The summed E-state index contributed by atoms with van der Waals surface area (Å²) in [5, 5.41) is 20.8. The molecule has 2 unspecified atom stereocenters. The summed E-state index contributed by atoms with van der Waals surface area (Å²) in [5.41, 5.74) is 0. The molecule has 0 aliphatic carbocycles. The standard InChI is InChI=1S/C6H14BNO2/c1-5-3-8-4-6(5,2)7(9)10/h5,8-10H,3-4H2,1-2H3. The van der Waals surface area contributed by atoms with Gasteiger partial charge in [-0.2, -0.15) is 0 Å². The predicted molar refractivity (Wildman–Crippen MR) is 40.6 cm³/mol. The molecule has 0 saturated carbocycles. The normalized spacial score (nSPS) is 40.2. The van der Waals surface area contributed by atoms with E-state index in [0.717, 1.165) is 6.54 Å². The lowest BCUT2D eigenvalue weighted by Gasteiger charge is -2.26. The maximum Gasteiger partial charge on any atom is 0.459 e. The Morgan fingerprint density at radius 3 is 2.40 bits per heavy atom. The average Bonchev–Trinajstić information content (AvgIpc) is 2.15. The maximum atomic E-state index is 9.00. The Kier molecular flexibility index (Phi) is 2.03. The quantitative estimate of drug-likeness (QED) is 0.432. The van der Waals surface area contributed by atoms with Crippen molar-refractivity contribution in [2.45, 2.75) is 19.2 Å². The van der Waals surface area contributed by atoms with Crippen molar-refractivity contribution in [3.8, 4) is 0 Å². The van der Waals surface area contributed by atoms with Crippen LogP contribution in [0.3, 0.4) is 0 Å². The lowest BCUT2D eigenvalue weighted by Crippen LogP contribution is -2.35. The molecule has 0 radical (unpaired) electrons. The van der Waals surface area contributed by atoms with Crippen LogP contribution in [0.25, 0.3) is 0 Å². The fourth-order valence-electron chi connectivity index (χ4n) is 1.31. The van der Waals surface area contributed by atoms with Crippen LogP contribution in [0.5, 0.6) is 0 Å². The van der Waals surface area contributed by atoms with Crippen LogP contribution in [0.1, 0.15) is 13.8 Å². The number of rotatable bonds is 1. The van der Waals surface area contributed by atoms with Crippen LogP contribution in [0.2, 0.25) is 5.31 Å². The zero-order valence-electron chi connectivity index (χ0n) is 6.46. The molecular weight excluding hydrogens is 129 g/mol. The topological polar surface area (TPSA) is 52.5 Å². The van der Waals surface area contributed by atoms with Crippen LogP contribution < -0.4 is 5.32 Å². The number of nitrogens with one attached hydrogen (secondary N) is 1. The minimum Gasteiger partial charge on any atom is -0.427 e. The molecule has 0 amide bonds. The zero-order chi connectivity index (χ0) is 7.78. The molecule has 1 aliphatic heterocycles. The molecule has 1 rings (SSSR count). The monoisotopic (exact) mass is 143 g/mol. The van der Waals surface area contributed by atoms with Crippen molar-refractivity contribution in [1.82, 2.24) is 5.32 Å². The summed E-state index contributed by atoms with van der Waals surface area (Å²) < 4.78 is 0. The van der Waals surface area contributed by atoms with E-state index in [4.69, 9.17) is 10.0 Å². The summed E-state index contributed by atoms with van der Waals surface area (Å²) >= 11 is 0. The van der Waals surface area contributed by atoms with E-state index in [1.165, 1.54) is 0 Å². The van der Waals surface area contributed by atoms with Gasteiger partial charge >= 0.3 is 7.12 Å². The van der Waals surface area contributed by atoms with E-state index in [1.54, 1.807) is 0 Å². The van der Waals surface area contributed by atoms with Crippen molar-refractivity contribution in [2.24, 2.45) is 5.92 Å². The second-order valence-electron chi connectivity index (χ2n) is 3.41. The first-order chi connectivity index (χ1) is 4.57. The Hall–Kier alpha value is -0.0551. The van der Waals surface area contributed by atoms with E-state index in [0.29, 0.717) is 12.5 Å². The van der Waals surface area contributed by atoms with E-state index >= 15 is 0 Å². The van der Waals surface area contributed by atoms with E-state index in [1.807, 2.05) is 13.8 Å². The Morgan fingerprint density at radius 2 is 2.20 bits per heavy atom. The van der Waals surface area contributed by atoms with E-state index in [-0.39, 0.29) is 5.31 Å². The van der Waals surface area contributed by atoms with Gasteiger partial charge in [0.1, 0.15) is 0 Å². The van der Waals surface area contributed by atoms with Crippen LogP contribution in [-0.2, 0) is 0 Å². The molecule has 0 aromatic rings. The first-order valence-corrected chi connectivity index (χ1v) is 3.64. The maximum absolute atomic E-state index is 9.00. The van der Waals surface area contributed by atoms with Crippen molar-refractivity contribution in [3.05, 3.63) is 0 Å². The summed E-state index contributed by atoms with van der Waals surface area (Å²) in [6.07, 6.45) is 0. The largest absolute Gasteiger partial charge is 0.459 e. The summed E-state index contributed by atoms with van der Waals surface area (Å²) in [7, 11) is -1.20. The Balaban J connectivity index is 2.66. The highest BCUT2D eigenvalue weighted by Crippen LogP contribution is 2.38. The highest BCUT2D eigenvalue weighted by molar-refractivity contribution is 6.45. The van der Waals surface area contributed by atoms with Gasteiger partial charge in [-0.15, -0.1) is 0 Å². The molecule has 3 nitrogen and oxygen atoms in total. The lowest BCUT2D eigenvalue weighted by molar-refractivity contribution is 0.323. The number of hydrogen-bond acceptors (Lipinski definition) is 3. The van der Waals surface area contributed by atoms with Gasteiger partial charge in [-0.05, 0) is 19.0 Å². The predicted octanol–water partition coefficient (Wildman–Crippen LogP) is -0.541. The highest BCUT2D eigenvalue weighted by atomic mass is 16.4. The average molecular weight is 143 g/mol. The van der Waals surface area contributed by atoms with Crippen molar-refractivity contribution >= 4 is 7.12 Å². The molecular formula is C6H14BNO2. The zero-order valence-corrected chi connectivity index (χ0v) is 6.46. The van der Waals surface area contributed by atoms with Crippen molar-refractivity contribution in [2.75, 3.05) is 13.1 Å². The molecule has 4 heteroatoms. The Morgan fingerprint density at radius 1 is 1.60 bits per heavy atom. The van der Waals surface area contributed by atoms with Crippen molar-refractivity contribution < 1.29 is 10.0 Å². The molecule has 1 aliphatic rings. The van der Waals surface area contributed by atoms with Gasteiger partial charge in [-0.25, -0.2) is 0 Å². The molecule has 0 bridgehead atoms. The van der Waals surface area contributed by atoms with Crippen LogP contribution in [-0.4, -0.2) is 30.3 Å². The van der Waals surface area contributed by atoms with Gasteiger partial charge in [-0.3, -0.25) is 0 Å². The van der Waals surface area contributed by atoms with Gasteiger partial charge in [0.2, 0.25) is 0 Å². The minimum absolute atomic E-state index is 0.340. The Bertz CT molecular complexity index is 131. The smallest absolute Gasteiger partial charge is 0.427 e. The summed E-state index contributed by atoms with van der Waals surface area (Å²) in [4.78, 5) is 0. The molecule has 1 fully saturated rings. The number of hydrogen-bond donors (Lipinski definition) is 3. The fraction of sp³-hybridized carbons (Fsp3) is 1.00. The molecule has 1 saturated heterocycles. The third-order valence-corrected chi connectivity index (χ3v) is 2.67.